The number of benzene rings is 2. The predicted octanol–water partition coefficient (Wildman–Crippen LogP) is 2.31. The van der Waals surface area contributed by atoms with Crippen LogP contribution < -0.4 is 5.32 Å². The lowest BCUT2D eigenvalue weighted by molar-refractivity contribution is -0.137. The van der Waals surface area contributed by atoms with Crippen molar-refractivity contribution in [3.05, 3.63) is 46.5 Å². The quantitative estimate of drug-likeness (QED) is 0.875. The van der Waals surface area contributed by atoms with Crippen molar-refractivity contribution in [1.29, 1.82) is 0 Å². The van der Waals surface area contributed by atoms with E-state index in [-0.39, 0.29) is 11.8 Å². The number of nitrogens with zero attached hydrogens (tertiary/aromatic N) is 1. The molecule has 124 valence electrons. The van der Waals surface area contributed by atoms with Crippen LogP contribution in [-0.4, -0.2) is 36.3 Å². The van der Waals surface area contributed by atoms with E-state index in [0.29, 0.717) is 42.7 Å². The van der Waals surface area contributed by atoms with Crippen molar-refractivity contribution in [1.82, 2.24) is 10.4 Å². The lowest BCUT2D eigenvalue weighted by Crippen LogP contribution is -2.35. The molecule has 1 heterocycles. The van der Waals surface area contributed by atoms with Gasteiger partial charge in [0.2, 0.25) is 0 Å². The number of nitrogens with one attached hydrogen (secondary N) is 1. The summed E-state index contributed by atoms with van der Waals surface area (Å²) in [5.41, 5.74) is 1.98. The van der Waals surface area contributed by atoms with E-state index in [1.807, 2.05) is 19.9 Å². The Kier molecular flexibility index (Phi) is 4.31. The fourth-order valence-corrected chi connectivity index (χ4v) is 2.86. The van der Waals surface area contributed by atoms with Gasteiger partial charge in [-0.2, -0.15) is 0 Å². The van der Waals surface area contributed by atoms with Gasteiger partial charge in [-0.3, -0.25) is 19.2 Å². The average molecular weight is 326 g/mol. The maximum Gasteiger partial charge on any atom is 0.277 e. The van der Waals surface area contributed by atoms with Crippen molar-refractivity contribution in [2.75, 3.05) is 13.1 Å². The molecule has 1 N–H and O–H groups in total. The highest BCUT2D eigenvalue weighted by atomic mass is 16.7. The molecule has 6 nitrogen and oxygen atoms in total. The number of hydroxylamine groups is 2. The Morgan fingerprint density at radius 1 is 1.25 bits per heavy atom. The van der Waals surface area contributed by atoms with Crippen LogP contribution in [-0.2, 0) is 11.4 Å². The first-order valence-electron chi connectivity index (χ1n) is 7.87. The highest BCUT2D eigenvalue weighted by Crippen LogP contribution is 2.28. The van der Waals surface area contributed by atoms with E-state index in [2.05, 4.69) is 5.32 Å². The van der Waals surface area contributed by atoms with Gasteiger partial charge in [0.1, 0.15) is 6.61 Å². The number of carbonyl (C=O) groups is 3. The van der Waals surface area contributed by atoms with Gasteiger partial charge in [-0.15, -0.1) is 0 Å². The van der Waals surface area contributed by atoms with Crippen LogP contribution in [0.5, 0.6) is 0 Å². The Hall–Kier alpha value is -2.73. The third kappa shape index (κ3) is 2.65. The molecule has 2 aromatic carbocycles. The molecule has 0 saturated heterocycles. The van der Waals surface area contributed by atoms with Gasteiger partial charge in [0, 0.05) is 24.2 Å². The summed E-state index contributed by atoms with van der Waals surface area (Å²) in [6.45, 7) is 4.91. The van der Waals surface area contributed by atoms with Crippen LogP contribution in [0.4, 0.5) is 0 Å². The zero-order chi connectivity index (χ0) is 17.3. The predicted molar refractivity (Wildman–Crippen MR) is 88.8 cm³/mol. The summed E-state index contributed by atoms with van der Waals surface area (Å²) in [5, 5.41) is 5.56. The second-order valence-corrected chi connectivity index (χ2v) is 5.55. The summed E-state index contributed by atoms with van der Waals surface area (Å²) in [6.07, 6.45) is 0.659. The Morgan fingerprint density at radius 2 is 2.00 bits per heavy atom. The third-order valence-corrected chi connectivity index (χ3v) is 4.06. The Bertz CT molecular complexity index is 845. The van der Waals surface area contributed by atoms with Crippen molar-refractivity contribution < 1.29 is 19.2 Å². The first kappa shape index (κ1) is 16.1. The Morgan fingerprint density at radius 3 is 2.67 bits per heavy atom. The summed E-state index contributed by atoms with van der Waals surface area (Å²) in [4.78, 5) is 41.3. The Balaban J connectivity index is 2.15. The van der Waals surface area contributed by atoms with Crippen LogP contribution in [0.1, 0.15) is 50.5 Å². The highest BCUT2D eigenvalue weighted by molar-refractivity contribution is 6.07. The van der Waals surface area contributed by atoms with Crippen LogP contribution in [0, 0.1) is 0 Å². The lowest BCUT2D eigenvalue weighted by atomic mass is 9.95. The van der Waals surface area contributed by atoms with Crippen molar-refractivity contribution in [3.8, 4) is 0 Å². The second-order valence-electron chi connectivity index (χ2n) is 5.55. The van der Waals surface area contributed by atoms with Crippen molar-refractivity contribution in [2.24, 2.45) is 0 Å². The minimum absolute atomic E-state index is 0.193. The number of hydrogen-bond donors (Lipinski definition) is 1. The molecule has 1 aliphatic rings. The molecule has 0 fully saturated rings. The standard InChI is InChI=1S/C18H18N2O4/c1-3-19-17(22)15-7-12-6-14-10-24-20(4-2)18(23)16(14)8-11(12)5-13(15)9-21/h5-9H,3-4,10H2,1-2H3,(H,19,22). The zero-order valence-corrected chi connectivity index (χ0v) is 13.6. The van der Waals surface area contributed by atoms with E-state index in [1.54, 1.807) is 18.2 Å². The van der Waals surface area contributed by atoms with Crippen molar-refractivity contribution in [2.45, 2.75) is 20.5 Å². The van der Waals surface area contributed by atoms with E-state index in [9.17, 15) is 14.4 Å². The molecular weight excluding hydrogens is 308 g/mol. The third-order valence-electron chi connectivity index (χ3n) is 4.06. The van der Waals surface area contributed by atoms with Crippen molar-refractivity contribution >= 4 is 28.9 Å². The number of fused-ring (bicyclic) bond motifs is 2. The van der Waals surface area contributed by atoms with E-state index in [1.165, 1.54) is 5.06 Å². The second kappa shape index (κ2) is 6.41. The van der Waals surface area contributed by atoms with Gasteiger partial charge in [0.25, 0.3) is 11.8 Å². The molecule has 0 spiro atoms. The van der Waals surface area contributed by atoms with E-state index < -0.39 is 0 Å². The average Bonchev–Trinajstić information content (AvgIpc) is 2.60. The molecule has 0 bridgehead atoms. The van der Waals surface area contributed by atoms with Crippen LogP contribution in [0.25, 0.3) is 10.8 Å². The van der Waals surface area contributed by atoms with Gasteiger partial charge in [-0.25, -0.2) is 5.06 Å². The highest BCUT2D eigenvalue weighted by Gasteiger charge is 2.25. The van der Waals surface area contributed by atoms with E-state index in [0.717, 1.165) is 16.3 Å². The summed E-state index contributed by atoms with van der Waals surface area (Å²) in [5.74, 6) is -0.482. The molecule has 6 heteroatoms. The van der Waals surface area contributed by atoms with Crippen LogP contribution in [0.2, 0.25) is 0 Å². The topological polar surface area (TPSA) is 75.7 Å². The molecule has 0 atom stereocenters. The number of carbonyl (C=O) groups excluding carboxylic acids is 3. The fraction of sp³-hybridized carbons (Fsp3) is 0.278. The monoisotopic (exact) mass is 326 g/mol. The summed E-state index contributed by atoms with van der Waals surface area (Å²) in [6, 6.07) is 6.92. The summed E-state index contributed by atoms with van der Waals surface area (Å²) >= 11 is 0. The van der Waals surface area contributed by atoms with E-state index in [4.69, 9.17) is 4.84 Å². The van der Waals surface area contributed by atoms with Gasteiger partial charge in [-0.05, 0) is 54.4 Å². The SMILES string of the molecule is CCNC(=O)c1cc2cc3c(cc2cc1C=O)C(=O)N(CC)OC3. The smallest absolute Gasteiger partial charge is 0.277 e. The number of aldehydes is 1. The molecule has 0 saturated carbocycles. The van der Waals surface area contributed by atoms with Crippen LogP contribution in [0.3, 0.4) is 0 Å². The molecule has 0 aliphatic carbocycles. The van der Waals surface area contributed by atoms with Gasteiger partial charge >= 0.3 is 0 Å². The molecule has 2 aromatic rings. The van der Waals surface area contributed by atoms with Crippen LogP contribution in [0.15, 0.2) is 24.3 Å². The summed E-state index contributed by atoms with van der Waals surface area (Å²) in [7, 11) is 0. The maximum atomic E-state index is 12.4. The minimum atomic E-state index is -0.288. The Labute approximate surface area is 139 Å². The normalized spacial score (nSPS) is 13.8. The number of hydrogen-bond acceptors (Lipinski definition) is 4. The first-order chi connectivity index (χ1) is 11.6. The maximum absolute atomic E-state index is 12.4. The van der Waals surface area contributed by atoms with Gasteiger partial charge in [-0.1, -0.05) is 0 Å². The number of amides is 2. The summed E-state index contributed by atoms with van der Waals surface area (Å²) < 4.78 is 0. The largest absolute Gasteiger partial charge is 0.352 e. The fourth-order valence-electron chi connectivity index (χ4n) is 2.86. The van der Waals surface area contributed by atoms with Crippen molar-refractivity contribution in [3.63, 3.8) is 0 Å². The lowest BCUT2D eigenvalue weighted by Gasteiger charge is -2.27. The zero-order valence-electron chi connectivity index (χ0n) is 13.6. The molecular formula is C18H18N2O4. The molecule has 2 amide bonds. The molecule has 0 radical (unpaired) electrons. The van der Waals surface area contributed by atoms with Gasteiger partial charge in [0.05, 0.1) is 5.56 Å². The minimum Gasteiger partial charge on any atom is -0.352 e. The van der Waals surface area contributed by atoms with E-state index >= 15 is 0 Å². The van der Waals surface area contributed by atoms with Crippen LogP contribution >= 0.6 is 0 Å². The first-order valence-corrected chi connectivity index (χ1v) is 7.87. The van der Waals surface area contributed by atoms with Gasteiger partial charge in [0.15, 0.2) is 6.29 Å². The van der Waals surface area contributed by atoms with Gasteiger partial charge < -0.3 is 5.32 Å². The molecule has 0 aromatic heterocycles. The molecule has 0 unspecified atom stereocenters. The molecule has 24 heavy (non-hydrogen) atoms. The molecule has 1 aliphatic heterocycles. The number of rotatable bonds is 4. The molecule has 3 rings (SSSR count).